The molecule has 0 saturated heterocycles. The number of aliphatic hydroxyl groups is 1. The zero-order valence-corrected chi connectivity index (χ0v) is 11.8. The summed E-state index contributed by atoms with van der Waals surface area (Å²) in [4.78, 5) is 12.2. The first-order valence-electron chi connectivity index (χ1n) is 7.76. The van der Waals surface area contributed by atoms with E-state index in [1.807, 2.05) is 0 Å². The van der Waals surface area contributed by atoms with E-state index in [1.54, 1.807) is 0 Å². The fourth-order valence-electron chi connectivity index (χ4n) is 3.41. The average molecular weight is 273 g/mol. The van der Waals surface area contributed by atoms with Gasteiger partial charge >= 0.3 is 0 Å². The molecule has 20 heavy (non-hydrogen) atoms. The smallest absolute Gasteiger partial charge is 0.220 e. The molecule has 0 spiro atoms. The molecule has 3 heteroatoms. The van der Waals surface area contributed by atoms with Crippen molar-refractivity contribution in [2.75, 3.05) is 6.61 Å². The van der Waals surface area contributed by atoms with E-state index in [2.05, 4.69) is 29.6 Å². The zero-order chi connectivity index (χ0) is 13.9. The molecule has 1 aromatic rings. The number of carbonyl (C=O) groups excluding carboxylic acids is 1. The summed E-state index contributed by atoms with van der Waals surface area (Å²) in [5.41, 5.74) is 2.76. The number of rotatable bonds is 6. The molecule has 0 bridgehead atoms. The molecule has 1 saturated carbocycles. The Bertz CT molecular complexity index is 482. The summed E-state index contributed by atoms with van der Waals surface area (Å²) in [5, 5.41) is 12.2. The summed E-state index contributed by atoms with van der Waals surface area (Å²) in [7, 11) is 0. The second kappa shape index (κ2) is 5.96. The summed E-state index contributed by atoms with van der Waals surface area (Å²) < 4.78 is 0. The number of nitrogens with one attached hydrogen (secondary N) is 1. The molecule has 1 aromatic carbocycles. The Kier molecular flexibility index (Phi) is 4.06. The van der Waals surface area contributed by atoms with Crippen molar-refractivity contribution in [3.8, 4) is 0 Å². The van der Waals surface area contributed by atoms with E-state index in [4.69, 9.17) is 5.11 Å². The number of fused-ring (bicyclic) bond motifs is 1. The molecule has 1 fully saturated rings. The maximum atomic E-state index is 12.2. The van der Waals surface area contributed by atoms with Crippen molar-refractivity contribution in [2.45, 2.75) is 50.5 Å². The summed E-state index contributed by atoms with van der Waals surface area (Å²) in [5.74, 6) is 1.12. The number of aryl methyl sites for hydroxylation is 1. The maximum Gasteiger partial charge on any atom is 0.220 e. The minimum Gasteiger partial charge on any atom is -0.396 e. The predicted octanol–water partition coefficient (Wildman–Crippen LogP) is 2.38. The lowest BCUT2D eigenvalue weighted by Gasteiger charge is -2.19. The third-order valence-corrected chi connectivity index (χ3v) is 4.67. The molecule has 2 aliphatic carbocycles. The van der Waals surface area contributed by atoms with E-state index in [9.17, 15) is 4.79 Å². The SMILES string of the molecule is O=C(CC1CCc2ccccc21)NC(CCO)C1CC1. The third-order valence-electron chi connectivity index (χ3n) is 4.67. The Morgan fingerprint density at radius 1 is 1.30 bits per heavy atom. The van der Waals surface area contributed by atoms with Gasteiger partial charge in [0, 0.05) is 19.1 Å². The fourth-order valence-corrected chi connectivity index (χ4v) is 3.41. The number of hydrogen-bond donors (Lipinski definition) is 2. The fraction of sp³-hybridized carbons (Fsp3) is 0.588. The molecule has 0 aliphatic heterocycles. The van der Waals surface area contributed by atoms with Crippen molar-refractivity contribution < 1.29 is 9.90 Å². The standard InChI is InChI=1S/C17H23NO2/c19-10-9-16(13-6-7-13)18-17(20)11-14-8-5-12-3-1-2-4-15(12)14/h1-4,13-14,16,19H,5-11H2,(H,18,20). The Balaban J connectivity index is 1.57. The summed E-state index contributed by atoms with van der Waals surface area (Å²) in [6, 6.07) is 8.65. The van der Waals surface area contributed by atoms with Gasteiger partial charge in [0.15, 0.2) is 0 Å². The number of amides is 1. The first-order chi connectivity index (χ1) is 9.78. The van der Waals surface area contributed by atoms with Gasteiger partial charge in [-0.2, -0.15) is 0 Å². The molecule has 2 N–H and O–H groups in total. The van der Waals surface area contributed by atoms with E-state index in [1.165, 1.54) is 24.0 Å². The predicted molar refractivity (Wildman–Crippen MR) is 78.5 cm³/mol. The van der Waals surface area contributed by atoms with Crippen LogP contribution in [0.2, 0.25) is 0 Å². The van der Waals surface area contributed by atoms with Gasteiger partial charge in [0.05, 0.1) is 0 Å². The molecule has 2 aliphatic rings. The molecule has 1 amide bonds. The van der Waals surface area contributed by atoms with Crippen LogP contribution in [0.15, 0.2) is 24.3 Å². The highest BCUT2D eigenvalue weighted by Gasteiger charge is 2.32. The molecule has 3 rings (SSSR count). The Morgan fingerprint density at radius 2 is 2.10 bits per heavy atom. The first-order valence-corrected chi connectivity index (χ1v) is 7.76. The maximum absolute atomic E-state index is 12.2. The Morgan fingerprint density at radius 3 is 2.85 bits per heavy atom. The van der Waals surface area contributed by atoms with Crippen LogP contribution in [-0.4, -0.2) is 23.7 Å². The molecule has 0 heterocycles. The molecular weight excluding hydrogens is 250 g/mol. The van der Waals surface area contributed by atoms with Crippen LogP contribution in [0.5, 0.6) is 0 Å². The van der Waals surface area contributed by atoms with Crippen molar-refractivity contribution in [1.82, 2.24) is 5.32 Å². The summed E-state index contributed by atoms with van der Waals surface area (Å²) >= 11 is 0. The summed E-state index contributed by atoms with van der Waals surface area (Å²) in [6.45, 7) is 0.160. The second-order valence-corrected chi connectivity index (χ2v) is 6.16. The average Bonchev–Trinajstić information content (AvgIpc) is 3.22. The lowest BCUT2D eigenvalue weighted by atomic mass is 9.97. The normalized spacial score (nSPS) is 22.4. The molecule has 2 atom stereocenters. The van der Waals surface area contributed by atoms with Crippen molar-refractivity contribution in [2.24, 2.45) is 5.92 Å². The van der Waals surface area contributed by atoms with E-state index in [-0.39, 0.29) is 18.6 Å². The van der Waals surface area contributed by atoms with Gasteiger partial charge < -0.3 is 10.4 Å². The number of carbonyl (C=O) groups is 1. The minimum atomic E-state index is 0.150. The summed E-state index contributed by atoms with van der Waals surface area (Å²) in [6.07, 6.45) is 5.84. The zero-order valence-electron chi connectivity index (χ0n) is 11.8. The van der Waals surface area contributed by atoms with Crippen molar-refractivity contribution in [3.63, 3.8) is 0 Å². The lowest BCUT2D eigenvalue weighted by molar-refractivity contribution is -0.122. The van der Waals surface area contributed by atoms with Gasteiger partial charge in [0.2, 0.25) is 5.91 Å². The van der Waals surface area contributed by atoms with Crippen molar-refractivity contribution in [1.29, 1.82) is 0 Å². The van der Waals surface area contributed by atoms with Gasteiger partial charge in [-0.05, 0) is 55.1 Å². The molecule has 0 aromatic heterocycles. The Labute approximate surface area is 120 Å². The van der Waals surface area contributed by atoms with Crippen LogP contribution in [0.1, 0.15) is 49.1 Å². The molecular formula is C17H23NO2. The van der Waals surface area contributed by atoms with Crippen LogP contribution >= 0.6 is 0 Å². The van der Waals surface area contributed by atoms with Gasteiger partial charge in [-0.1, -0.05) is 24.3 Å². The topological polar surface area (TPSA) is 49.3 Å². The molecule has 3 nitrogen and oxygen atoms in total. The quantitative estimate of drug-likeness (QED) is 0.836. The highest BCUT2D eigenvalue weighted by molar-refractivity contribution is 5.77. The van der Waals surface area contributed by atoms with Gasteiger partial charge in [-0.25, -0.2) is 0 Å². The van der Waals surface area contributed by atoms with E-state index >= 15 is 0 Å². The van der Waals surface area contributed by atoms with Gasteiger partial charge in [0.25, 0.3) is 0 Å². The van der Waals surface area contributed by atoms with Crippen molar-refractivity contribution >= 4 is 5.91 Å². The molecule has 108 valence electrons. The minimum absolute atomic E-state index is 0.150. The van der Waals surface area contributed by atoms with E-state index < -0.39 is 0 Å². The third kappa shape index (κ3) is 3.04. The van der Waals surface area contributed by atoms with Gasteiger partial charge in [-0.15, -0.1) is 0 Å². The van der Waals surface area contributed by atoms with Crippen LogP contribution in [0.25, 0.3) is 0 Å². The van der Waals surface area contributed by atoms with Crippen LogP contribution in [-0.2, 0) is 11.2 Å². The lowest BCUT2D eigenvalue weighted by Crippen LogP contribution is -2.37. The monoisotopic (exact) mass is 273 g/mol. The first kappa shape index (κ1) is 13.6. The van der Waals surface area contributed by atoms with Crippen molar-refractivity contribution in [3.05, 3.63) is 35.4 Å². The number of hydrogen-bond acceptors (Lipinski definition) is 2. The number of aliphatic hydroxyl groups excluding tert-OH is 1. The van der Waals surface area contributed by atoms with Crippen LogP contribution in [0.3, 0.4) is 0 Å². The highest BCUT2D eigenvalue weighted by atomic mass is 16.3. The van der Waals surface area contributed by atoms with Crippen LogP contribution in [0.4, 0.5) is 0 Å². The van der Waals surface area contributed by atoms with Gasteiger partial charge in [0.1, 0.15) is 0 Å². The van der Waals surface area contributed by atoms with E-state index in [0.717, 1.165) is 12.8 Å². The van der Waals surface area contributed by atoms with Crippen LogP contribution in [0, 0.1) is 5.92 Å². The Hall–Kier alpha value is -1.35. The van der Waals surface area contributed by atoms with Crippen LogP contribution < -0.4 is 5.32 Å². The molecule has 0 radical (unpaired) electrons. The van der Waals surface area contributed by atoms with E-state index in [0.29, 0.717) is 24.7 Å². The number of benzene rings is 1. The van der Waals surface area contributed by atoms with Gasteiger partial charge in [-0.3, -0.25) is 4.79 Å². The highest BCUT2D eigenvalue weighted by Crippen LogP contribution is 2.36. The second-order valence-electron chi connectivity index (χ2n) is 6.16. The molecule has 2 unspecified atom stereocenters. The largest absolute Gasteiger partial charge is 0.396 e.